The molecule has 0 aliphatic rings. The van der Waals surface area contributed by atoms with Gasteiger partial charge in [0.25, 0.3) is 0 Å². The fourth-order valence-electron chi connectivity index (χ4n) is 1.24. The molecule has 1 rings (SSSR count). The number of hydrogen-bond acceptors (Lipinski definition) is 6. The van der Waals surface area contributed by atoms with Gasteiger partial charge in [0, 0.05) is 6.07 Å². The van der Waals surface area contributed by atoms with Crippen LogP contribution in [-0.4, -0.2) is 28.9 Å². The lowest BCUT2D eigenvalue weighted by molar-refractivity contribution is -0.385. The Morgan fingerprint density at radius 3 is 2.83 bits per heavy atom. The zero-order valence-electron chi connectivity index (χ0n) is 9.87. The van der Waals surface area contributed by atoms with Crippen molar-refractivity contribution in [3.63, 3.8) is 0 Å². The Morgan fingerprint density at radius 2 is 2.22 bits per heavy atom. The van der Waals surface area contributed by atoms with E-state index < -0.39 is 16.9 Å². The van der Waals surface area contributed by atoms with Crippen molar-refractivity contribution in [3.8, 4) is 5.75 Å². The Morgan fingerprint density at radius 1 is 1.56 bits per heavy atom. The summed E-state index contributed by atoms with van der Waals surface area (Å²) < 4.78 is 4.95. The molecule has 0 aliphatic heterocycles. The van der Waals surface area contributed by atoms with Gasteiger partial charge in [0.2, 0.25) is 5.75 Å². The minimum absolute atomic E-state index is 0.0768. The third-order valence-electron chi connectivity index (χ3n) is 2.21. The molecule has 2 N–H and O–H groups in total. The largest absolute Gasteiger partial charge is 0.418 e. The predicted molar refractivity (Wildman–Crippen MR) is 69.7 cm³/mol. The molecule has 0 fully saturated rings. The minimum atomic E-state index is -0.766. The zero-order valence-corrected chi connectivity index (χ0v) is 10.7. The number of nitro benzene ring substituents is 1. The zero-order chi connectivity index (χ0) is 13.5. The highest BCUT2D eigenvalue weighted by Crippen LogP contribution is 2.26. The van der Waals surface area contributed by atoms with Gasteiger partial charge >= 0.3 is 11.7 Å². The van der Waals surface area contributed by atoms with E-state index in [0.29, 0.717) is 6.42 Å². The number of ether oxygens (including phenoxy) is 1. The lowest BCUT2D eigenvalue weighted by atomic mass is 10.2. The van der Waals surface area contributed by atoms with Gasteiger partial charge < -0.3 is 10.5 Å². The van der Waals surface area contributed by atoms with E-state index >= 15 is 0 Å². The first kappa shape index (κ1) is 14.5. The van der Waals surface area contributed by atoms with Crippen LogP contribution < -0.4 is 10.5 Å². The standard InChI is InChI=1S/C11H14N2O4S/c1-18-7-6-8(12)11(14)17-10-5-3-2-4-9(10)13(15)16/h2-5,8H,6-7,12H2,1H3/t8-/m0/s1. The van der Waals surface area contributed by atoms with Crippen LogP contribution in [0.25, 0.3) is 0 Å². The van der Waals surface area contributed by atoms with Gasteiger partial charge in [0.05, 0.1) is 4.92 Å². The van der Waals surface area contributed by atoms with Crippen LogP contribution in [0.5, 0.6) is 5.75 Å². The number of esters is 1. The van der Waals surface area contributed by atoms with E-state index in [0.717, 1.165) is 5.75 Å². The number of nitro groups is 1. The maximum Gasteiger partial charge on any atom is 0.328 e. The van der Waals surface area contributed by atoms with Gasteiger partial charge in [-0.1, -0.05) is 12.1 Å². The normalized spacial score (nSPS) is 11.9. The van der Waals surface area contributed by atoms with Crippen molar-refractivity contribution in [1.29, 1.82) is 0 Å². The highest BCUT2D eigenvalue weighted by atomic mass is 32.2. The number of rotatable bonds is 6. The van der Waals surface area contributed by atoms with Gasteiger partial charge in [-0.25, -0.2) is 4.79 Å². The van der Waals surface area contributed by atoms with Crippen molar-refractivity contribution in [2.24, 2.45) is 5.73 Å². The molecular formula is C11H14N2O4S. The molecule has 0 unspecified atom stereocenters. The van der Waals surface area contributed by atoms with Crippen molar-refractivity contribution in [2.75, 3.05) is 12.0 Å². The Balaban J connectivity index is 2.72. The number of carbonyl (C=O) groups excluding carboxylic acids is 1. The molecule has 0 aromatic heterocycles. The van der Waals surface area contributed by atoms with Crippen LogP contribution in [0, 0.1) is 10.1 Å². The van der Waals surface area contributed by atoms with Crippen LogP contribution in [0.2, 0.25) is 0 Å². The van der Waals surface area contributed by atoms with Gasteiger partial charge in [-0.2, -0.15) is 11.8 Å². The lowest BCUT2D eigenvalue weighted by Gasteiger charge is -2.10. The van der Waals surface area contributed by atoms with Crippen LogP contribution in [0.15, 0.2) is 24.3 Å². The molecule has 98 valence electrons. The maximum absolute atomic E-state index is 11.6. The average Bonchev–Trinajstić information content (AvgIpc) is 2.36. The molecule has 6 nitrogen and oxygen atoms in total. The summed E-state index contributed by atoms with van der Waals surface area (Å²) in [5.41, 5.74) is 5.37. The molecule has 7 heteroatoms. The fraction of sp³-hybridized carbons (Fsp3) is 0.364. The Labute approximate surface area is 109 Å². The number of hydrogen-bond donors (Lipinski definition) is 1. The third kappa shape index (κ3) is 4.01. The molecule has 0 saturated heterocycles. The van der Waals surface area contributed by atoms with Crippen molar-refractivity contribution in [2.45, 2.75) is 12.5 Å². The molecule has 0 radical (unpaired) electrons. The average molecular weight is 270 g/mol. The van der Waals surface area contributed by atoms with E-state index in [-0.39, 0.29) is 11.4 Å². The molecule has 1 atom stereocenters. The summed E-state index contributed by atoms with van der Waals surface area (Å²) in [6.45, 7) is 0. The van der Waals surface area contributed by atoms with E-state index in [1.165, 1.54) is 18.2 Å². The van der Waals surface area contributed by atoms with Crippen molar-refractivity contribution < 1.29 is 14.5 Å². The molecule has 1 aromatic rings. The first-order chi connectivity index (χ1) is 8.56. The highest BCUT2D eigenvalue weighted by molar-refractivity contribution is 7.98. The molecule has 0 aliphatic carbocycles. The Kier molecular flexibility index (Phi) is 5.60. The van der Waals surface area contributed by atoms with Crippen LogP contribution in [0.1, 0.15) is 6.42 Å². The number of thioether (sulfide) groups is 1. The predicted octanol–water partition coefficient (Wildman–Crippen LogP) is 1.58. The summed E-state index contributed by atoms with van der Waals surface area (Å²) in [5.74, 6) is -0.00175. The van der Waals surface area contributed by atoms with Gasteiger partial charge in [0.1, 0.15) is 6.04 Å². The first-order valence-electron chi connectivity index (χ1n) is 5.26. The second kappa shape index (κ2) is 6.97. The Bertz CT molecular complexity index is 439. The van der Waals surface area contributed by atoms with Crippen LogP contribution in [0.4, 0.5) is 5.69 Å². The van der Waals surface area contributed by atoms with E-state index in [9.17, 15) is 14.9 Å². The number of carbonyl (C=O) groups is 1. The summed E-state index contributed by atoms with van der Waals surface area (Å²) >= 11 is 1.57. The third-order valence-corrected chi connectivity index (χ3v) is 2.85. The minimum Gasteiger partial charge on any atom is -0.418 e. The monoisotopic (exact) mass is 270 g/mol. The van der Waals surface area contributed by atoms with Crippen LogP contribution >= 0.6 is 11.8 Å². The van der Waals surface area contributed by atoms with E-state index in [4.69, 9.17) is 10.5 Å². The molecule has 0 heterocycles. The second-order valence-electron chi connectivity index (χ2n) is 3.53. The summed E-state index contributed by atoms with van der Waals surface area (Å²) in [7, 11) is 0. The summed E-state index contributed by atoms with van der Waals surface area (Å²) in [5, 5.41) is 10.7. The number of benzene rings is 1. The first-order valence-corrected chi connectivity index (χ1v) is 6.65. The molecule has 0 saturated carbocycles. The second-order valence-corrected chi connectivity index (χ2v) is 4.52. The van der Waals surface area contributed by atoms with E-state index in [1.807, 2.05) is 6.26 Å². The van der Waals surface area contributed by atoms with Crippen LogP contribution in [-0.2, 0) is 4.79 Å². The molecule has 0 spiro atoms. The summed E-state index contributed by atoms with van der Waals surface area (Å²) in [4.78, 5) is 21.7. The summed E-state index contributed by atoms with van der Waals surface area (Å²) in [6, 6.07) is 4.94. The highest BCUT2D eigenvalue weighted by Gasteiger charge is 2.20. The molecular weight excluding hydrogens is 256 g/mol. The number of nitrogens with two attached hydrogens (primary N) is 1. The molecule has 0 amide bonds. The van der Waals surface area contributed by atoms with Gasteiger partial charge in [-0.05, 0) is 24.5 Å². The number of nitrogens with zero attached hydrogens (tertiary/aromatic N) is 1. The van der Waals surface area contributed by atoms with Crippen LogP contribution in [0.3, 0.4) is 0 Å². The van der Waals surface area contributed by atoms with Gasteiger partial charge in [-0.3, -0.25) is 10.1 Å². The SMILES string of the molecule is CSCC[C@H](N)C(=O)Oc1ccccc1[N+](=O)[O-]. The molecule has 0 bridgehead atoms. The maximum atomic E-state index is 11.6. The van der Waals surface area contributed by atoms with E-state index in [1.54, 1.807) is 17.8 Å². The van der Waals surface area contributed by atoms with Crippen molar-refractivity contribution in [3.05, 3.63) is 34.4 Å². The van der Waals surface area contributed by atoms with Crippen molar-refractivity contribution in [1.82, 2.24) is 0 Å². The molecule has 1 aromatic carbocycles. The summed E-state index contributed by atoms with van der Waals surface area (Å²) in [6.07, 6.45) is 2.38. The molecule has 18 heavy (non-hydrogen) atoms. The Hall–Kier alpha value is -1.60. The fourth-order valence-corrected chi connectivity index (χ4v) is 1.73. The van der Waals surface area contributed by atoms with Gasteiger partial charge in [0.15, 0.2) is 0 Å². The smallest absolute Gasteiger partial charge is 0.328 e. The van der Waals surface area contributed by atoms with E-state index in [2.05, 4.69) is 0 Å². The lowest BCUT2D eigenvalue weighted by Crippen LogP contribution is -2.34. The van der Waals surface area contributed by atoms with Gasteiger partial charge in [-0.15, -0.1) is 0 Å². The quantitative estimate of drug-likeness (QED) is 0.365. The van der Waals surface area contributed by atoms with Crippen molar-refractivity contribution >= 4 is 23.4 Å². The topological polar surface area (TPSA) is 95.5 Å². The number of para-hydroxylation sites is 2.